The van der Waals surface area contributed by atoms with Gasteiger partial charge in [-0.25, -0.2) is 4.79 Å². The number of aryl methyl sites for hydroxylation is 1. The van der Waals surface area contributed by atoms with Gasteiger partial charge in [0.05, 0.1) is 6.10 Å². The molecule has 0 aliphatic carbocycles. The van der Waals surface area contributed by atoms with E-state index in [-0.39, 0.29) is 6.10 Å². The van der Waals surface area contributed by atoms with Crippen LogP contribution in [0.5, 0.6) is 0 Å². The minimum atomic E-state index is -1.44. The molecule has 0 amide bonds. The van der Waals surface area contributed by atoms with Gasteiger partial charge in [0.1, 0.15) is 0 Å². The number of methoxy groups -OCH3 is 1. The van der Waals surface area contributed by atoms with Crippen molar-refractivity contribution >= 4 is 5.97 Å². The van der Waals surface area contributed by atoms with E-state index in [0.717, 1.165) is 18.4 Å². The molecular formula is C13H18O4. The van der Waals surface area contributed by atoms with E-state index in [0.29, 0.717) is 5.56 Å². The average Bonchev–Trinajstić information content (AvgIpc) is 2.35. The molecule has 0 heterocycles. The van der Waals surface area contributed by atoms with Gasteiger partial charge in [0.15, 0.2) is 6.10 Å². The van der Waals surface area contributed by atoms with E-state index < -0.39 is 12.1 Å². The standard InChI is InChI=1S/C13H18O4/c1-9(17-2)3-4-10-5-7-11(8-6-10)12(14)13(15)16/h5-9,12,14H,3-4H2,1-2H3,(H,15,16). The van der Waals surface area contributed by atoms with Crippen molar-refractivity contribution in [2.75, 3.05) is 7.11 Å². The molecule has 0 bridgehead atoms. The number of carboxylic acids is 1. The lowest BCUT2D eigenvalue weighted by molar-refractivity contribution is -0.146. The van der Waals surface area contributed by atoms with Gasteiger partial charge in [-0.15, -0.1) is 0 Å². The van der Waals surface area contributed by atoms with Crippen LogP contribution in [0.25, 0.3) is 0 Å². The Bertz CT molecular complexity index is 358. The Morgan fingerprint density at radius 1 is 1.35 bits per heavy atom. The first kappa shape index (κ1) is 13.7. The van der Waals surface area contributed by atoms with Crippen LogP contribution in [0.3, 0.4) is 0 Å². The summed E-state index contributed by atoms with van der Waals surface area (Å²) in [5.41, 5.74) is 1.51. The number of aliphatic hydroxyl groups excluding tert-OH is 1. The van der Waals surface area contributed by atoms with Gasteiger partial charge in [-0.3, -0.25) is 0 Å². The zero-order valence-corrected chi connectivity index (χ0v) is 10.1. The zero-order chi connectivity index (χ0) is 12.8. The van der Waals surface area contributed by atoms with Crippen molar-refractivity contribution in [1.82, 2.24) is 0 Å². The predicted octanol–water partition coefficient (Wildman–Crippen LogP) is 1.77. The van der Waals surface area contributed by atoms with Crippen LogP contribution < -0.4 is 0 Å². The summed E-state index contributed by atoms with van der Waals surface area (Å²) in [6.45, 7) is 2.00. The second kappa shape index (κ2) is 6.37. The molecule has 2 unspecified atom stereocenters. The highest BCUT2D eigenvalue weighted by Crippen LogP contribution is 2.15. The molecule has 0 fully saturated rings. The zero-order valence-electron chi connectivity index (χ0n) is 10.1. The summed E-state index contributed by atoms with van der Waals surface area (Å²) in [6.07, 6.45) is 0.553. The minimum Gasteiger partial charge on any atom is -0.479 e. The molecule has 0 aliphatic heterocycles. The average molecular weight is 238 g/mol. The summed E-state index contributed by atoms with van der Waals surface area (Å²) >= 11 is 0. The highest BCUT2D eigenvalue weighted by atomic mass is 16.5. The molecule has 94 valence electrons. The Morgan fingerprint density at radius 3 is 2.41 bits per heavy atom. The molecule has 1 rings (SSSR count). The Kier molecular flexibility index (Phi) is 5.12. The number of benzene rings is 1. The fourth-order valence-electron chi connectivity index (χ4n) is 1.50. The van der Waals surface area contributed by atoms with E-state index >= 15 is 0 Å². The minimum absolute atomic E-state index is 0.208. The molecule has 0 aromatic heterocycles. The molecule has 1 aromatic rings. The van der Waals surface area contributed by atoms with Crippen molar-refractivity contribution in [3.63, 3.8) is 0 Å². The SMILES string of the molecule is COC(C)CCc1ccc(C(O)C(=O)O)cc1. The first-order valence-electron chi connectivity index (χ1n) is 5.57. The Balaban J connectivity index is 2.59. The summed E-state index contributed by atoms with van der Waals surface area (Å²) in [5.74, 6) is -1.23. The molecule has 1 aromatic carbocycles. The predicted molar refractivity (Wildman–Crippen MR) is 63.8 cm³/mol. The lowest BCUT2D eigenvalue weighted by atomic mass is 10.0. The molecule has 0 saturated heterocycles. The van der Waals surface area contributed by atoms with Crippen molar-refractivity contribution in [1.29, 1.82) is 0 Å². The molecular weight excluding hydrogens is 220 g/mol. The molecule has 4 nitrogen and oxygen atoms in total. The first-order valence-corrected chi connectivity index (χ1v) is 5.57. The van der Waals surface area contributed by atoms with Crippen molar-refractivity contribution in [3.8, 4) is 0 Å². The van der Waals surface area contributed by atoms with Gasteiger partial charge in [-0.05, 0) is 30.9 Å². The number of rotatable bonds is 6. The normalized spacial score (nSPS) is 14.3. The van der Waals surface area contributed by atoms with E-state index in [1.54, 1.807) is 19.2 Å². The molecule has 0 aliphatic rings. The van der Waals surface area contributed by atoms with Crippen molar-refractivity contribution in [2.45, 2.75) is 32.0 Å². The van der Waals surface area contributed by atoms with Gasteiger partial charge >= 0.3 is 5.97 Å². The summed E-state index contributed by atoms with van der Waals surface area (Å²) < 4.78 is 5.15. The summed E-state index contributed by atoms with van der Waals surface area (Å²) in [4.78, 5) is 10.6. The quantitative estimate of drug-likeness (QED) is 0.792. The molecule has 2 N–H and O–H groups in total. The molecule has 17 heavy (non-hydrogen) atoms. The number of carbonyl (C=O) groups is 1. The largest absolute Gasteiger partial charge is 0.479 e. The fraction of sp³-hybridized carbons (Fsp3) is 0.462. The molecule has 0 radical (unpaired) electrons. The topological polar surface area (TPSA) is 66.8 Å². The maximum Gasteiger partial charge on any atom is 0.337 e. The molecule has 2 atom stereocenters. The highest BCUT2D eigenvalue weighted by molar-refractivity contribution is 5.73. The maximum atomic E-state index is 10.6. The molecule has 0 saturated carbocycles. The Hall–Kier alpha value is -1.39. The second-order valence-corrected chi connectivity index (χ2v) is 4.07. The fourth-order valence-corrected chi connectivity index (χ4v) is 1.50. The van der Waals surface area contributed by atoms with Crippen LogP contribution in [0.2, 0.25) is 0 Å². The van der Waals surface area contributed by atoms with Crippen molar-refractivity contribution < 1.29 is 19.7 Å². The number of hydrogen-bond donors (Lipinski definition) is 2. The number of hydrogen-bond acceptors (Lipinski definition) is 3. The highest BCUT2D eigenvalue weighted by Gasteiger charge is 2.15. The third-order valence-electron chi connectivity index (χ3n) is 2.77. The van der Waals surface area contributed by atoms with Crippen molar-refractivity contribution in [3.05, 3.63) is 35.4 Å². The van der Waals surface area contributed by atoms with E-state index in [2.05, 4.69) is 0 Å². The van der Waals surface area contributed by atoms with Crippen LogP contribution in [0, 0.1) is 0 Å². The van der Waals surface area contributed by atoms with Gasteiger partial charge < -0.3 is 14.9 Å². The van der Waals surface area contributed by atoms with Gasteiger partial charge in [0.2, 0.25) is 0 Å². The Labute approximate surface area is 101 Å². The van der Waals surface area contributed by atoms with Gasteiger partial charge in [-0.2, -0.15) is 0 Å². The number of aliphatic hydroxyl groups is 1. The van der Waals surface area contributed by atoms with E-state index in [1.807, 2.05) is 19.1 Å². The van der Waals surface area contributed by atoms with E-state index in [1.165, 1.54) is 0 Å². The smallest absolute Gasteiger partial charge is 0.337 e. The van der Waals surface area contributed by atoms with E-state index in [4.69, 9.17) is 9.84 Å². The summed E-state index contributed by atoms with van der Waals surface area (Å²) in [7, 11) is 1.68. The Morgan fingerprint density at radius 2 is 1.94 bits per heavy atom. The van der Waals surface area contributed by atoms with E-state index in [9.17, 15) is 9.90 Å². The molecule has 0 spiro atoms. The van der Waals surface area contributed by atoms with Crippen LogP contribution >= 0.6 is 0 Å². The van der Waals surface area contributed by atoms with Crippen LogP contribution in [-0.2, 0) is 16.0 Å². The number of carboxylic acid groups (broad SMARTS) is 1. The first-order chi connectivity index (χ1) is 8.04. The van der Waals surface area contributed by atoms with Crippen LogP contribution in [0.4, 0.5) is 0 Å². The number of aliphatic carboxylic acids is 1. The molecule has 4 heteroatoms. The third kappa shape index (κ3) is 4.17. The second-order valence-electron chi connectivity index (χ2n) is 4.07. The maximum absolute atomic E-state index is 10.6. The monoisotopic (exact) mass is 238 g/mol. The third-order valence-corrected chi connectivity index (χ3v) is 2.77. The van der Waals surface area contributed by atoms with Crippen molar-refractivity contribution in [2.24, 2.45) is 0 Å². The lowest BCUT2D eigenvalue weighted by Gasteiger charge is -2.10. The summed E-state index contributed by atoms with van der Waals surface area (Å²) in [5, 5.41) is 18.0. The lowest BCUT2D eigenvalue weighted by Crippen LogP contribution is -2.10. The number of ether oxygens (including phenoxy) is 1. The summed E-state index contributed by atoms with van der Waals surface area (Å²) in [6, 6.07) is 6.96. The van der Waals surface area contributed by atoms with Gasteiger partial charge in [0, 0.05) is 7.11 Å². The van der Waals surface area contributed by atoms with Crippen LogP contribution in [-0.4, -0.2) is 29.4 Å². The van der Waals surface area contributed by atoms with Gasteiger partial charge in [0.25, 0.3) is 0 Å². The van der Waals surface area contributed by atoms with Crippen LogP contribution in [0.15, 0.2) is 24.3 Å². The van der Waals surface area contributed by atoms with Gasteiger partial charge in [-0.1, -0.05) is 24.3 Å². The van der Waals surface area contributed by atoms with Crippen LogP contribution in [0.1, 0.15) is 30.6 Å².